The van der Waals surface area contributed by atoms with Crippen LogP contribution in [0.3, 0.4) is 0 Å². The van der Waals surface area contributed by atoms with Crippen molar-refractivity contribution in [3.63, 3.8) is 0 Å². The van der Waals surface area contributed by atoms with Gasteiger partial charge in [0.05, 0.1) is 11.5 Å². The van der Waals surface area contributed by atoms with E-state index in [1.165, 1.54) is 26.0 Å². The maximum absolute atomic E-state index is 14.3. The molecule has 8 nitrogen and oxygen atoms in total. The molecule has 220 valence electrons. The van der Waals surface area contributed by atoms with Crippen molar-refractivity contribution in [2.45, 2.75) is 105 Å². The first kappa shape index (κ1) is 30.5. The van der Waals surface area contributed by atoms with Gasteiger partial charge in [0.25, 0.3) is 0 Å². The van der Waals surface area contributed by atoms with E-state index in [0.29, 0.717) is 6.42 Å². The van der Waals surface area contributed by atoms with E-state index in [0.717, 1.165) is 5.57 Å². The van der Waals surface area contributed by atoms with Crippen LogP contribution in [0.2, 0.25) is 0 Å². The van der Waals surface area contributed by atoms with Crippen molar-refractivity contribution in [3.05, 3.63) is 23.8 Å². The number of ether oxygens (including phenoxy) is 1. The Hall–Kier alpha value is -2.45. The minimum Gasteiger partial charge on any atom is -0.456 e. The molecule has 0 heterocycles. The van der Waals surface area contributed by atoms with Crippen LogP contribution in [0.25, 0.3) is 0 Å². The van der Waals surface area contributed by atoms with Crippen molar-refractivity contribution in [2.24, 2.45) is 39.4 Å². The molecule has 4 aliphatic rings. The summed E-state index contributed by atoms with van der Waals surface area (Å²) in [7, 11) is 0. The van der Waals surface area contributed by atoms with E-state index in [9.17, 15) is 34.2 Å². The number of carbonyl (C=O) groups excluding carboxylic acids is 5. The van der Waals surface area contributed by atoms with Gasteiger partial charge in [-0.05, 0) is 76.4 Å². The lowest BCUT2D eigenvalue weighted by Gasteiger charge is -2.64. The van der Waals surface area contributed by atoms with Crippen molar-refractivity contribution in [3.8, 4) is 0 Å². The smallest absolute Gasteiger partial charge is 0.303 e. The molecule has 2 N–H and O–H groups in total. The van der Waals surface area contributed by atoms with Crippen molar-refractivity contribution >= 4 is 29.1 Å². The van der Waals surface area contributed by atoms with E-state index in [-0.39, 0.29) is 31.0 Å². The van der Waals surface area contributed by atoms with Crippen LogP contribution in [0, 0.1) is 39.4 Å². The molecule has 0 aliphatic heterocycles. The summed E-state index contributed by atoms with van der Waals surface area (Å²) in [5.74, 6) is -3.72. The van der Waals surface area contributed by atoms with Crippen molar-refractivity contribution in [2.75, 3.05) is 0 Å². The second-order valence-electron chi connectivity index (χ2n) is 14.6. The number of Topliss-reactive ketones (excluding diaryl/α,β-unsaturated/α-hetero) is 3. The predicted molar refractivity (Wildman–Crippen MR) is 147 cm³/mol. The second kappa shape index (κ2) is 9.02. The number of allylic oxidation sites excluding steroid dienone is 2. The van der Waals surface area contributed by atoms with E-state index in [1.54, 1.807) is 27.7 Å². The molecule has 4 rings (SSSR count). The van der Waals surface area contributed by atoms with E-state index < -0.39 is 74.1 Å². The number of hydrogen-bond acceptors (Lipinski definition) is 8. The maximum Gasteiger partial charge on any atom is 0.303 e. The van der Waals surface area contributed by atoms with Crippen molar-refractivity contribution < 1.29 is 38.9 Å². The fourth-order valence-electron chi connectivity index (χ4n) is 9.22. The molecule has 8 heteroatoms. The number of carbonyl (C=O) groups is 5. The topological polar surface area (TPSA) is 135 Å². The summed E-state index contributed by atoms with van der Waals surface area (Å²) < 4.78 is 5.22. The highest BCUT2D eigenvalue weighted by Crippen LogP contribution is 2.73. The van der Waals surface area contributed by atoms with Gasteiger partial charge >= 0.3 is 5.97 Å². The molecule has 3 fully saturated rings. The third kappa shape index (κ3) is 4.04. The second-order valence-corrected chi connectivity index (χ2v) is 14.6. The van der Waals surface area contributed by atoms with Crippen LogP contribution in [0.15, 0.2) is 23.8 Å². The number of aliphatic hydroxyl groups is 2. The van der Waals surface area contributed by atoms with Crippen LogP contribution in [-0.2, 0) is 28.7 Å². The van der Waals surface area contributed by atoms with Gasteiger partial charge in [0.1, 0.15) is 17.0 Å². The molecule has 0 aromatic heterocycles. The molecule has 8 atom stereocenters. The Balaban J connectivity index is 1.75. The summed E-state index contributed by atoms with van der Waals surface area (Å²) in [5.41, 5.74) is -5.73. The number of hydrogen-bond donors (Lipinski definition) is 2. The zero-order chi connectivity index (χ0) is 30.4. The standard InChI is InChI=1S/C32H44O8/c1-17(33)40-27(2,3)13-12-23(36)32(9,39)25-21(35)15-29(6)22-11-10-18-19(14-20(34)26(38)28(18,4)5)31(22,8)24(37)16-30(25,29)7/h10,12-13,19,21-22,25,35,39H,11,14-16H2,1-9H3/b13-12+/t19-,21-,22+,25+,29+,30-,31+,32+/m1/s1. The molecule has 0 radical (unpaired) electrons. The zero-order valence-electron chi connectivity index (χ0n) is 25.2. The maximum atomic E-state index is 14.3. The van der Waals surface area contributed by atoms with Gasteiger partial charge in [-0.3, -0.25) is 24.0 Å². The Kier molecular flexibility index (Phi) is 6.88. The summed E-state index contributed by atoms with van der Waals surface area (Å²) in [6.07, 6.45) is 4.35. The molecule has 0 amide bonds. The molecular weight excluding hydrogens is 512 g/mol. The first-order valence-electron chi connectivity index (χ1n) is 14.2. The molecule has 0 bridgehead atoms. The third-order valence-electron chi connectivity index (χ3n) is 11.4. The molecule has 0 aromatic carbocycles. The zero-order valence-corrected chi connectivity index (χ0v) is 25.2. The van der Waals surface area contributed by atoms with E-state index in [4.69, 9.17) is 4.74 Å². The van der Waals surface area contributed by atoms with Gasteiger partial charge in [-0.15, -0.1) is 0 Å². The Bertz CT molecular complexity index is 1250. The number of ketones is 4. The fraction of sp³-hybridized carbons (Fsp3) is 0.719. The number of aliphatic hydroxyl groups excluding tert-OH is 1. The Labute approximate surface area is 236 Å². The molecule has 4 aliphatic carbocycles. The summed E-state index contributed by atoms with van der Waals surface area (Å²) in [4.78, 5) is 64.7. The third-order valence-corrected chi connectivity index (χ3v) is 11.4. The molecular formula is C32H44O8. The van der Waals surface area contributed by atoms with E-state index in [1.807, 2.05) is 26.8 Å². The van der Waals surface area contributed by atoms with Crippen LogP contribution in [-0.4, -0.2) is 56.6 Å². The highest BCUT2D eigenvalue weighted by molar-refractivity contribution is 6.40. The lowest BCUT2D eigenvalue weighted by molar-refractivity contribution is -0.182. The van der Waals surface area contributed by atoms with Gasteiger partial charge < -0.3 is 14.9 Å². The van der Waals surface area contributed by atoms with Crippen LogP contribution < -0.4 is 0 Å². The highest BCUT2D eigenvalue weighted by Gasteiger charge is 2.74. The molecule has 0 unspecified atom stereocenters. The van der Waals surface area contributed by atoms with Gasteiger partial charge in [-0.2, -0.15) is 0 Å². The largest absolute Gasteiger partial charge is 0.456 e. The minimum absolute atomic E-state index is 0.00920. The Morgan fingerprint density at radius 2 is 1.65 bits per heavy atom. The van der Waals surface area contributed by atoms with E-state index in [2.05, 4.69) is 0 Å². The average Bonchev–Trinajstić information content (AvgIpc) is 3.01. The Morgan fingerprint density at radius 1 is 1.05 bits per heavy atom. The number of fused-ring (bicyclic) bond motifs is 5. The van der Waals surface area contributed by atoms with Gasteiger partial charge in [-0.1, -0.05) is 32.4 Å². The molecule has 0 aromatic rings. The lowest BCUT2D eigenvalue weighted by Crippen LogP contribution is -2.65. The van der Waals surface area contributed by atoms with Gasteiger partial charge in [0, 0.05) is 37.0 Å². The van der Waals surface area contributed by atoms with Crippen LogP contribution in [0.5, 0.6) is 0 Å². The average molecular weight is 557 g/mol. The van der Waals surface area contributed by atoms with Crippen molar-refractivity contribution in [1.82, 2.24) is 0 Å². The van der Waals surface area contributed by atoms with Crippen LogP contribution in [0.4, 0.5) is 0 Å². The van der Waals surface area contributed by atoms with Crippen molar-refractivity contribution in [1.29, 1.82) is 0 Å². The number of esters is 1. The summed E-state index contributed by atoms with van der Waals surface area (Å²) in [6.45, 7) is 15.2. The van der Waals surface area contributed by atoms with Crippen LogP contribution >= 0.6 is 0 Å². The molecule has 0 spiro atoms. The Morgan fingerprint density at radius 3 is 2.23 bits per heavy atom. The monoisotopic (exact) mass is 556 g/mol. The van der Waals surface area contributed by atoms with Gasteiger partial charge in [-0.25, -0.2) is 0 Å². The minimum atomic E-state index is -2.01. The first-order chi connectivity index (χ1) is 18.1. The molecule has 0 saturated heterocycles. The molecule has 40 heavy (non-hydrogen) atoms. The first-order valence-corrected chi connectivity index (χ1v) is 14.2. The fourth-order valence-corrected chi connectivity index (χ4v) is 9.22. The van der Waals surface area contributed by atoms with Crippen LogP contribution in [0.1, 0.15) is 88.0 Å². The number of rotatable bonds is 5. The highest BCUT2D eigenvalue weighted by atomic mass is 16.6. The SMILES string of the molecule is CC(=O)OC(C)(C)/C=C/C(=O)[C@](C)(O)[C@H]1[C@H](O)C[C@@]2(C)[C@@H]3CC=C4[C@@H](CC(=O)C(=O)C4(C)C)[C@]3(C)C(=O)C[C@]12C. The lowest BCUT2D eigenvalue weighted by atomic mass is 9.38. The van der Waals surface area contributed by atoms with Gasteiger partial charge in [0.15, 0.2) is 11.6 Å². The predicted octanol–water partition coefficient (Wildman–Crippen LogP) is 3.71. The van der Waals surface area contributed by atoms with Gasteiger partial charge in [0.2, 0.25) is 5.78 Å². The summed E-state index contributed by atoms with van der Waals surface area (Å²) in [5, 5.41) is 23.2. The molecule has 3 saturated carbocycles. The summed E-state index contributed by atoms with van der Waals surface area (Å²) in [6, 6.07) is 0. The summed E-state index contributed by atoms with van der Waals surface area (Å²) >= 11 is 0. The van der Waals surface area contributed by atoms with E-state index >= 15 is 0 Å². The quantitative estimate of drug-likeness (QED) is 0.227. The normalized spacial score (nSPS) is 40.6.